The van der Waals surface area contributed by atoms with Crippen molar-refractivity contribution in [1.29, 1.82) is 0 Å². The zero-order valence-corrected chi connectivity index (χ0v) is 14.4. The summed E-state index contributed by atoms with van der Waals surface area (Å²) in [5.41, 5.74) is 5.35. The monoisotopic (exact) mass is 341 g/mol. The van der Waals surface area contributed by atoms with Crippen molar-refractivity contribution in [3.05, 3.63) is 59.1 Å². The summed E-state index contributed by atoms with van der Waals surface area (Å²) in [7, 11) is 0. The van der Waals surface area contributed by atoms with E-state index in [4.69, 9.17) is 17.0 Å². The molecule has 0 aliphatic rings. The molecular formula is C17H19N5OS. The Labute approximate surface area is 145 Å². The Balaban J connectivity index is 1.73. The van der Waals surface area contributed by atoms with Crippen LogP contribution in [0.2, 0.25) is 0 Å². The summed E-state index contributed by atoms with van der Waals surface area (Å²) in [6.07, 6.45) is 3.62. The second-order valence-electron chi connectivity index (χ2n) is 5.57. The number of ether oxygens (including phenoxy) is 1. The van der Waals surface area contributed by atoms with Crippen LogP contribution in [0, 0.1) is 4.77 Å². The Bertz CT molecular complexity index is 839. The molecule has 3 rings (SSSR count). The highest BCUT2D eigenvalue weighted by atomic mass is 32.1. The molecule has 1 aromatic carbocycles. The van der Waals surface area contributed by atoms with Gasteiger partial charge in [0.1, 0.15) is 5.75 Å². The minimum absolute atomic E-state index is 0.168. The van der Waals surface area contributed by atoms with Crippen molar-refractivity contribution in [3.63, 3.8) is 0 Å². The first kappa shape index (κ1) is 16.2. The third kappa shape index (κ3) is 3.80. The SMILES string of the molecule is CC(C)Oc1ccc(CNn2c(-c3ccncc3)n[nH]c2=S)cc1. The van der Waals surface area contributed by atoms with Gasteiger partial charge in [-0.05, 0) is 55.9 Å². The summed E-state index contributed by atoms with van der Waals surface area (Å²) in [6.45, 7) is 4.64. The van der Waals surface area contributed by atoms with E-state index in [1.165, 1.54) is 0 Å². The third-order valence-corrected chi connectivity index (χ3v) is 3.62. The van der Waals surface area contributed by atoms with E-state index in [9.17, 15) is 0 Å². The molecule has 3 aromatic rings. The summed E-state index contributed by atoms with van der Waals surface area (Å²) in [5.74, 6) is 1.59. The Hall–Kier alpha value is -2.67. The molecule has 24 heavy (non-hydrogen) atoms. The van der Waals surface area contributed by atoms with Crippen molar-refractivity contribution in [2.75, 3.05) is 5.43 Å². The lowest BCUT2D eigenvalue weighted by Crippen LogP contribution is -2.16. The fourth-order valence-corrected chi connectivity index (χ4v) is 2.46. The van der Waals surface area contributed by atoms with Gasteiger partial charge in [-0.1, -0.05) is 12.1 Å². The van der Waals surface area contributed by atoms with Crippen LogP contribution in [0.15, 0.2) is 48.8 Å². The Kier molecular flexibility index (Phi) is 4.90. The van der Waals surface area contributed by atoms with Crippen molar-refractivity contribution in [1.82, 2.24) is 19.9 Å². The van der Waals surface area contributed by atoms with E-state index in [0.29, 0.717) is 11.3 Å². The van der Waals surface area contributed by atoms with Crippen molar-refractivity contribution in [2.24, 2.45) is 0 Å². The lowest BCUT2D eigenvalue weighted by Gasteiger charge is -2.12. The van der Waals surface area contributed by atoms with E-state index in [1.54, 1.807) is 17.1 Å². The van der Waals surface area contributed by atoms with Gasteiger partial charge in [-0.2, -0.15) is 5.10 Å². The number of aromatic nitrogens is 4. The van der Waals surface area contributed by atoms with Crippen molar-refractivity contribution < 1.29 is 4.74 Å². The molecule has 0 bridgehead atoms. The number of H-pyrrole nitrogens is 1. The Morgan fingerprint density at radius 3 is 2.54 bits per heavy atom. The number of nitrogens with one attached hydrogen (secondary N) is 2. The van der Waals surface area contributed by atoms with Crippen LogP contribution in [0.3, 0.4) is 0 Å². The van der Waals surface area contributed by atoms with Gasteiger partial charge in [0.15, 0.2) is 5.82 Å². The molecule has 0 fully saturated rings. The zero-order valence-electron chi connectivity index (χ0n) is 13.6. The van der Waals surface area contributed by atoms with Gasteiger partial charge in [0.2, 0.25) is 4.77 Å². The minimum atomic E-state index is 0.168. The molecule has 6 nitrogen and oxygen atoms in total. The average Bonchev–Trinajstić information content (AvgIpc) is 2.95. The summed E-state index contributed by atoms with van der Waals surface area (Å²) in [5, 5.41) is 7.10. The summed E-state index contributed by atoms with van der Waals surface area (Å²) < 4.78 is 7.93. The smallest absolute Gasteiger partial charge is 0.214 e. The lowest BCUT2D eigenvalue weighted by atomic mass is 10.2. The van der Waals surface area contributed by atoms with Gasteiger partial charge in [-0.25, -0.2) is 9.77 Å². The zero-order chi connectivity index (χ0) is 16.9. The van der Waals surface area contributed by atoms with Crippen LogP contribution < -0.4 is 10.2 Å². The van der Waals surface area contributed by atoms with E-state index in [1.807, 2.05) is 50.2 Å². The third-order valence-electron chi connectivity index (χ3n) is 3.35. The molecule has 0 saturated carbocycles. The maximum atomic E-state index is 5.65. The van der Waals surface area contributed by atoms with Crippen LogP contribution in [0.5, 0.6) is 5.75 Å². The number of nitrogens with zero attached hydrogens (tertiary/aromatic N) is 3. The van der Waals surface area contributed by atoms with Crippen LogP contribution in [-0.4, -0.2) is 26.0 Å². The first-order chi connectivity index (χ1) is 11.6. The quantitative estimate of drug-likeness (QED) is 0.671. The molecule has 2 aromatic heterocycles. The standard InChI is InChI=1S/C17H19N5OS/c1-12(2)23-15-5-3-13(4-6-15)11-19-22-16(20-21-17(22)24)14-7-9-18-10-8-14/h3-10,12,19H,11H2,1-2H3,(H,21,24). The van der Waals surface area contributed by atoms with Crippen LogP contribution in [-0.2, 0) is 6.54 Å². The van der Waals surface area contributed by atoms with Gasteiger partial charge in [-0.3, -0.25) is 4.98 Å². The van der Waals surface area contributed by atoms with E-state index in [2.05, 4.69) is 20.6 Å². The first-order valence-electron chi connectivity index (χ1n) is 7.71. The highest BCUT2D eigenvalue weighted by Gasteiger charge is 2.08. The molecule has 0 spiro atoms. The number of hydrogen-bond donors (Lipinski definition) is 2. The molecule has 0 aliphatic carbocycles. The maximum Gasteiger partial charge on any atom is 0.214 e. The van der Waals surface area contributed by atoms with E-state index in [-0.39, 0.29) is 6.10 Å². The highest BCUT2D eigenvalue weighted by Crippen LogP contribution is 2.16. The summed E-state index contributed by atoms with van der Waals surface area (Å²) >= 11 is 5.30. The van der Waals surface area contributed by atoms with Gasteiger partial charge in [0, 0.05) is 18.0 Å². The van der Waals surface area contributed by atoms with E-state index >= 15 is 0 Å². The molecular weight excluding hydrogens is 322 g/mol. The largest absolute Gasteiger partial charge is 0.491 e. The first-order valence-corrected chi connectivity index (χ1v) is 8.11. The van der Waals surface area contributed by atoms with Gasteiger partial charge in [-0.15, -0.1) is 0 Å². The van der Waals surface area contributed by atoms with Crippen molar-refractivity contribution >= 4 is 12.2 Å². The van der Waals surface area contributed by atoms with E-state index < -0.39 is 0 Å². The highest BCUT2D eigenvalue weighted by molar-refractivity contribution is 7.71. The normalized spacial score (nSPS) is 10.8. The van der Waals surface area contributed by atoms with E-state index in [0.717, 1.165) is 22.7 Å². The molecule has 2 N–H and O–H groups in total. The molecule has 124 valence electrons. The second-order valence-corrected chi connectivity index (χ2v) is 5.96. The molecule has 0 amide bonds. The van der Waals surface area contributed by atoms with Crippen LogP contribution in [0.4, 0.5) is 0 Å². The van der Waals surface area contributed by atoms with Gasteiger partial charge >= 0.3 is 0 Å². The molecule has 0 saturated heterocycles. The average molecular weight is 341 g/mol. The molecule has 0 unspecified atom stereocenters. The number of rotatable bonds is 6. The van der Waals surface area contributed by atoms with Crippen molar-refractivity contribution in [3.8, 4) is 17.1 Å². The molecule has 7 heteroatoms. The van der Waals surface area contributed by atoms with Gasteiger partial charge in [0.25, 0.3) is 0 Å². The number of aromatic amines is 1. The second kappa shape index (κ2) is 7.27. The Morgan fingerprint density at radius 2 is 1.88 bits per heavy atom. The number of hydrogen-bond acceptors (Lipinski definition) is 5. The minimum Gasteiger partial charge on any atom is -0.491 e. The van der Waals surface area contributed by atoms with Crippen LogP contribution in [0.25, 0.3) is 11.4 Å². The fraction of sp³-hybridized carbons (Fsp3) is 0.235. The number of pyridine rings is 1. The topological polar surface area (TPSA) is 67.8 Å². The fourth-order valence-electron chi connectivity index (χ4n) is 2.27. The predicted molar refractivity (Wildman–Crippen MR) is 95.9 cm³/mol. The molecule has 0 aliphatic heterocycles. The molecule has 2 heterocycles. The number of benzene rings is 1. The van der Waals surface area contributed by atoms with Gasteiger partial charge in [0.05, 0.1) is 12.6 Å². The predicted octanol–water partition coefficient (Wildman–Crippen LogP) is 3.53. The summed E-state index contributed by atoms with van der Waals surface area (Å²) in [4.78, 5) is 4.02. The Morgan fingerprint density at radius 1 is 1.17 bits per heavy atom. The maximum absolute atomic E-state index is 5.65. The van der Waals surface area contributed by atoms with Crippen LogP contribution in [0.1, 0.15) is 19.4 Å². The van der Waals surface area contributed by atoms with Crippen molar-refractivity contribution in [2.45, 2.75) is 26.5 Å². The molecule has 0 radical (unpaired) electrons. The van der Waals surface area contributed by atoms with Crippen LogP contribution >= 0.6 is 12.2 Å². The summed E-state index contributed by atoms with van der Waals surface area (Å²) in [6, 6.07) is 11.8. The molecule has 0 atom stereocenters. The lowest BCUT2D eigenvalue weighted by molar-refractivity contribution is 0.242. The van der Waals surface area contributed by atoms with Gasteiger partial charge < -0.3 is 10.2 Å².